The molecule has 2 N–H and O–H groups in total. The topological polar surface area (TPSA) is 41.1 Å². The third-order valence-corrected chi connectivity index (χ3v) is 4.26. The highest BCUT2D eigenvalue weighted by molar-refractivity contribution is 5.79. The Morgan fingerprint density at radius 3 is 2.67 bits per heavy atom. The molecule has 2 aliphatic carbocycles. The lowest BCUT2D eigenvalue weighted by molar-refractivity contribution is -0.125. The summed E-state index contributed by atoms with van der Waals surface area (Å²) >= 11 is 0. The minimum absolute atomic E-state index is 0.330. The highest BCUT2D eigenvalue weighted by Crippen LogP contribution is 2.54. The summed E-state index contributed by atoms with van der Waals surface area (Å²) in [6.45, 7) is 2.07. The van der Waals surface area contributed by atoms with Crippen molar-refractivity contribution in [3.05, 3.63) is 0 Å². The van der Waals surface area contributed by atoms with Crippen LogP contribution in [-0.2, 0) is 4.79 Å². The van der Waals surface area contributed by atoms with Crippen LogP contribution in [0.15, 0.2) is 0 Å². The van der Waals surface area contributed by atoms with E-state index >= 15 is 0 Å². The second-order valence-corrected chi connectivity index (χ2v) is 5.48. The SMILES string of the molecule is O=C(N[C@@H]1CCCNC1)C1CC2CC2C1. The lowest BCUT2D eigenvalue weighted by Gasteiger charge is -2.25. The van der Waals surface area contributed by atoms with E-state index in [4.69, 9.17) is 0 Å². The van der Waals surface area contributed by atoms with Gasteiger partial charge in [-0.3, -0.25) is 4.79 Å². The second-order valence-electron chi connectivity index (χ2n) is 5.48. The van der Waals surface area contributed by atoms with Crippen molar-refractivity contribution in [1.29, 1.82) is 0 Å². The van der Waals surface area contributed by atoms with Crippen LogP contribution in [0.5, 0.6) is 0 Å². The fourth-order valence-corrected chi connectivity index (χ4v) is 3.22. The molecule has 15 heavy (non-hydrogen) atoms. The van der Waals surface area contributed by atoms with E-state index < -0.39 is 0 Å². The molecule has 1 amide bonds. The normalized spacial score (nSPS) is 43.5. The molecule has 1 heterocycles. The predicted molar refractivity (Wildman–Crippen MR) is 58.4 cm³/mol. The molecule has 0 aromatic carbocycles. The van der Waals surface area contributed by atoms with Crippen molar-refractivity contribution in [2.75, 3.05) is 13.1 Å². The van der Waals surface area contributed by atoms with E-state index in [0.29, 0.717) is 17.9 Å². The van der Waals surface area contributed by atoms with Crippen LogP contribution < -0.4 is 10.6 Å². The first-order valence-electron chi connectivity index (χ1n) is 6.34. The summed E-state index contributed by atoms with van der Waals surface area (Å²) in [6, 6.07) is 0.392. The second kappa shape index (κ2) is 3.78. The summed E-state index contributed by atoms with van der Waals surface area (Å²) in [4.78, 5) is 11.9. The Bertz CT molecular complexity index is 250. The van der Waals surface area contributed by atoms with E-state index in [2.05, 4.69) is 10.6 Å². The van der Waals surface area contributed by atoms with E-state index in [1.165, 1.54) is 12.8 Å². The lowest BCUT2D eigenvalue weighted by Crippen LogP contribution is -2.47. The number of nitrogens with one attached hydrogen (secondary N) is 2. The van der Waals surface area contributed by atoms with Crippen LogP contribution >= 0.6 is 0 Å². The summed E-state index contributed by atoms with van der Waals surface area (Å²) in [5.41, 5.74) is 0. The molecule has 0 spiro atoms. The van der Waals surface area contributed by atoms with Crippen LogP contribution in [0.3, 0.4) is 0 Å². The molecule has 2 unspecified atom stereocenters. The Balaban J connectivity index is 1.47. The quantitative estimate of drug-likeness (QED) is 0.708. The van der Waals surface area contributed by atoms with Crippen molar-refractivity contribution in [1.82, 2.24) is 10.6 Å². The Morgan fingerprint density at radius 2 is 2.00 bits per heavy atom. The van der Waals surface area contributed by atoms with Crippen molar-refractivity contribution < 1.29 is 4.79 Å². The molecule has 3 aliphatic rings. The van der Waals surface area contributed by atoms with Gasteiger partial charge in [-0.05, 0) is 50.5 Å². The zero-order chi connectivity index (χ0) is 10.3. The van der Waals surface area contributed by atoms with Crippen LogP contribution in [0, 0.1) is 17.8 Å². The van der Waals surface area contributed by atoms with Gasteiger partial charge >= 0.3 is 0 Å². The molecule has 0 aromatic heterocycles. The van der Waals surface area contributed by atoms with Gasteiger partial charge in [-0.25, -0.2) is 0 Å². The number of amides is 1. The minimum atomic E-state index is 0.330. The highest BCUT2D eigenvalue weighted by atomic mass is 16.2. The molecule has 3 fully saturated rings. The van der Waals surface area contributed by atoms with Crippen LogP contribution in [0.2, 0.25) is 0 Å². The largest absolute Gasteiger partial charge is 0.352 e. The summed E-state index contributed by atoms with van der Waals surface area (Å²) in [5.74, 6) is 2.49. The van der Waals surface area contributed by atoms with Gasteiger partial charge in [0.2, 0.25) is 5.91 Å². The van der Waals surface area contributed by atoms with Crippen molar-refractivity contribution in [2.45, 2.75) is 38.1 Å². The maximum Gasteiger partial charge on any atom is 0.223 e. The highest BCUT2D eigenvalue weighted by Gasteiger charge is 2.48. The van der Waals surface area contributed by atoms with Crippen molar-refractivity contribution >= 4 is 5.91 Å². The summed E-state index contributed by atoms with van der Waals surface area (Å²) in [5, 5.41) is 6.53. The van der Waals surface area contributed by atoms with Crippen molar-refractivity contribution in [3.63, 3.8) is 0 Å². The first kappa shape index (κ1) is 9.64. The summed E-state index contributed by atoms with van der Waals surface area (Å²) in [6.07, 6.45) is 6.07. The Labute approximate surface area is 91.0 Å². The average molecular weight is 208 g/mol. The molecular weight excluding hydrogens is 188 g/mol. The molecule has 2 saturated carbocycles. The minimum Gasteiger partial charge on any atom is -0.352 e. The van der Waals surface area contributed by atoms with Crippen LogP contribution in [0.25, 0.3) is 0 Å². The standard InChI is InChI=1S/C12H20N2O/c15-12(10-5-8-4-9(8)6-10)14-11-2-1-3-13-7-11/h8-11,13H,1-7H2,(H,14,15)/t8?,9?,10?,11-/m1/s1. The fourth-order valence-electron chi connectivity index (χ4n) is 3.22. The van der Waals surface area contributed by atoms with Crippen LogP contribution in [-0.4, -0.2) is 25.0 Å². The number of hydrogen-bond acceptors (Lipinski definition) is 2. The molecular formula is C12H20N2O. The Hall–Kier alpha value is -0.570. The zero-order valence-corrected chi connectivity index (χ0v) is 9.17. The molecule has 0 bridgehead atoms. The molecule has 3 nitrogen and oxygen atoms in total. The molecule has 0 aromatic rings. The van der Waals surface area contributed by atoms with Gasteiger partial charge in [-0.15, -0.1) is 0 Å². The molecule has 84 valence electrons. The molecule has 3 heteroatoms. The van der Waals surface area contributed by atoms with Gasteiger partial charge < -0.3 is 10.6 Å². The number of hydrogen-bond donors (Lipinski definition) is 2. The van der Waals surface area contributed by atoms with E-state index in [1.54, 1.807) is 0 Å². The van der Waals surface area contributed by atoms with Crippen molar-refractivity contribution in [2.24, 2.45) is 17.8 Å². The predicted octanol–water partition coefficient (Wildman–Crippen LogP) is 0.901. The lowest BCUT2D eigenvalue weighted by atomic mass is 10.0. The van der Waals surface area contributed by atoms with Crippen LogP contribution in [0.4, 0.5) is 0 Å². The maximum atomic E-state index is 11.9. The monoisotopic (exact) mass is 208 g/mol. The third kappa shape index (κ3) is 2.03. The maximum absolute atomic E-state index is 11.9. The van der Waals surface area contributed by atoms with Gasteiger partial charge in [0.15, 0.2) is 0 Å². The number of carbonyl (C=O) groups excluding carboxylic acids is 1. The molecule has 1 aliphatic heterocycles. The van der Waals surface area contributed by atoms with Gasteiger partial charge in [0.1, 0.15) is 0 Å². The van der Waals surface area contributed by atoms with Crippen molar-refractivity contribution in [3.8, 4) is 0 Å². The van der Waals surface area contributed by atoms with Gasteiger partial charge in [0.05, 0.1) is 0 Å². The van der Waals surface area contributed by atoms with E-state index in [0.717, 1.165) is 44.2 Å². The van der Waals surface area contributed by atoms with Gasteiger partial charge in [-0.2, -0.15) is 0 Å². The number of fused-ring (bicyclic) bond motifs is 1. The molecule has 1 saturated heterocycles. The molecule has 3 atom stereocenters. The Kier molecular flexibility index (Phi) is 2.43. The van der Waals surface area contributed by atoms with E-state index in [-0.39, 0.29) is 0 Å². The zero-order valence-electron chi connectivity index (χ0n) is 9.17. The summed E-state index contributed by atoms with van der Waals surface area (Å²) < 4.78 is 0. The molecule has 0 radical (unpaired) electrons. The summed E-state index contributed by atoms with van der Waals surface area (Å²) in [7, 11) is 0. The van der Waals surface area contributed by atoms with E-state index in [1.807, 2.05) is 0 Å². The first-order chi connectivity index (χ1) is 7.33. The third-order valence-electron chi connectivity index (χ3n) is 4.26. The van der Waals surface area contributed by atoms with Gasteiger partial charge in [0, 0.05) is 18.5 Å². The van der Waals surface area contributed by atoms with Crippen LogP contribution in [0.1, 0.15) is 32.1 Å². The number of piperidine rings is 1. The number of rotatable bonds is 2. The van der Waals surface area contributed by atoms with Gasteiger partial charge in [-0.1, -0.05) is 0 Å². The average Bonchev–Trinajstić information content (AvgIpc) is 2.87. The van der Waals surface area contributed by atoms with E-state index in [9.17, 15) is 4.79 Å². The van der Waals surface area contributed by atoms with Gasteiger partial charge in [0.25, 0.3) is 0 Å². The molecule has 3 rings (SSSR count). The first-order valence-corrected chi connectivity index (χ1v) is 6.34. The Morgan fingerprint density at radius 1 is 1.20 bits per heavy atom. The smallest absolute Gasteiger partial charge is 0.223 e. The number of carbonyl (C=O) groups is 1. The fraction of sp³-hybridized carbons (Fsp3) is 0.917.